The standard InChI is InChI=1S/C23H19N5O4/c29-22(26-13-11-25(12-14-26)17-6-8-18(9-7-17)28(31)32)16-5-10-21-24-20-4-2-1-3-19(20)23(30)27(21)15-16/h1-10,15H,11-14H2. The summed E-state index contributed by atoms with van der Waals surface area (Å²) < 4.78 is 1.42. The highest BCUT2D eigenvalue weighted by atomic mass is 16.6. The molecular weight excluding hydrogens is 410 g/mol. The third kappa shape index (κ3) is 3.43. The van der Waals surface area contributed by atoms with Crippen LogP contribution >= 0.6 is 0 Å². The average molecular weight is 429 g/mol. The van der Waals surface area contributed by atoms with Gasteiger partial charge in [0.15, 0.2) is 0 Å². The lowest BCUT2D eigenvalue weighted by Gasteiger charge is -2.36. The van der Waals surface area contributed by atoms with E-state index in [2.05, 4.69) is 9.88 Å². The normalized spacial score (nSPS) is 14.1. The van der Waals surface area contributed by atoms with Crippen LogP contribution in [0.2, 0.25) is 0 Å². The molecule has 4 aromatic rings. The molecule has 0 saturated carbocycles. The Morgan fingerprint density at radius 1 is 0.938 bits per heavy atom. The molecule has 160 valence electrons. The number of anilines is 1. The van der Waals surface area contributed by atoms with Crippen molar-refractivity contribution in [2.24, 2.45) is 0 Å². The molecule has 5 rings (SSSR count). The Hall–Kier alpha value is -4.27. The van der Waals surface area contributed by atoms with E-state index < -0.39 is 4.92 Å². The van der Waals surface area contributed by atoms with Crippen LogP contribution in [0.4, 0.5) is 11.4 Å². The van der Waals surface area contributed by atoms with Crippen LogP contribution in [0.3, 0.4) is 0 Å². The second kappa shape index (κ2) is 7.77. The Morgan fingerprint density at radius 2 is 1.66 bits per heavy atom. The van der Waals surface area contributed by atoms with Gasteiger partial charge in [-0.25, -0.2) is 4.98 Å². The molecule has 0 atom stereocenters. The number of amides is 1. The Labute approximate surface area is 182 Å². The molecule has 1 fully saturated rings. The number of piperazine rings is 1. The minimum absolute atomic E-state index is 0.0522. The van der Waals surface area contributed by atoms with E-state index >= 15 is 0 Å². The van der Waals surface area contributed by atoms with Crippen molar-refractivity contribution in [1.82, 2.24) is 14.3 Å². The minimum Gasteiger partial charge on any atom is -0.368 e. The van der Waals surface area contributed by atoms with Gasteiger partial charge >= 0.3 is 0 Å². The maximum Gasteiger partial charge on any atom is 0.269 e. The van der Waals surface area contributed by atoms with Gasteiger partial charge in [-0.05, 0) is 36.4 Å². The van der Waals surface area contributed by atoms with Crippen LogP contribution in [-0.4, -0.2) is 51.3 Å². The molecule has 0 bridgehead atoms. The molecule has 32 heavy (non-hydrogen) atoms. The van der Waals surface area contributed by atoms with Gasteiger partial charge in [0.05, 0.1) is 21.4 Å². The number of carbonyl (C=O) groups excluding carboxylic acids is 1. The van der Waals surface area contributed by atoms with E-state index in [9.17, 15) is 19.7 Å². The lowest BCUT2D eigenvalue weighted by Crippen LogP contribution is -2.48. The van der Waals surface area contributed by atoms with Crippen LogP contribution in [0.1, 0.15) is 10.4 Å². The molecule has 9 heteroatoms. The Morgan fingerprint density at radius 3 is 2.38 bits per heavy atom. The van der Waals surface area contributed by atoms with E-state index in [0.717, 1.165) is 5.69 Å². The van der Waals surface area contributed by atoms with E-state index in [0.29, 0.717) is 48.3 Å². The Kier molecular flexibility index (Phi) is 4.78. The van der Waals surface area contributed by atoms with Crippen LogP contribution in [0.15, 0.2) is 71.7 Å². The molecule has 0 N–H and O–H groups in total. The van der Waals surface area contributed by atoms with Gasteiger partial charge in [0.1, 0.15) is 5.65 Å². The number of para-hydroxylation sites is 1. The van der Waals surface area contributed by atoms with E-state index in [-0.39, 0.29) is 17.2 Å². The predicted molar refractivity (Wildman–Crippen MR) is 120 cm³/mol. The van der Waals surface area contributed by atoms with Crippen molar-refractivity contribution in [1.29, 1.82) is 0 Å². The quantitative estimate of drug-likeness (QED) is 0.282. The van der Waals surface area contributed by atoms with Gasteiger partial charge in [-0.3, -0.25) is 24.1 Å². The molecule has 2 aromatic heterocycles. The van der Waals surface area contributed by atoms with E-state index in [1.54, 1.807) is 53.6 Å². The van der Waals surface area contributed by atoms with Crippen LogP contribution in [-0.2, 0) is 0 Å². The zero-order chi connectivity index (χ0) is 22.2. The van der Waals surface area contributed by atoms with Crippen molar-refractivity contribution in [3.8, 4) is 0 Å². The van der Waals surface area contributed by atoms with Gasteiger partial charge < -0.3 is 9.80 Å². The summed E-state index contributed by atoms with van der Waals surface area (Å²) in [6.45, 7) is 2.25. The molecule has 0 unspecified atom stereocenters. The smallest absolute Gasteiger partial charge is 0.269 e. The van der Waals surface area contributed by atoms with Gasteiger partial charge in [-0.2, -0.15) is 0 Å². The first-order valence-corrected chi connectivity index (χ1v) is 10.2. The SMILES string of the molecule is O=C(c1ccc2nc3ccccc3c(=O)n2c1)N1CCN(c2ccc([N+](=O)[O-])cc2)CC1. The zero-order valence-electron chi connectivity index (χ0n) is 17.0. The summed E-state index contributed by atoms with van der Waals surface area (Å²) in [5.74, 6) is -0.143. The first kappa shape index (κ1) is 19.7. The van der Waals surface area contributed by atoms with Crippen molar-refractivity contribution < 1.29 is 9.72 Å². The summed E-state index contributed by atoms with van der Waals surface area (Å²) in [5.41, 5.74) is 2.28. The predicted octanol–water partition coefficient (Wildman–Crippen LogP) is 2.72. The fourth-order valence-electron chi connectivity index (χ4n) is 4.01. The molecule has 0 radical (unpaired) electrons. The van der Waals surface area contributed by atoms with Gasteiger partial charge in [-0.15, -0.1) is 0 Å². The highest BCUT2D eigenvalue weighted by molar-refractivity contribution is 5.94. The molecular formula is C23H19N5O4. The number of hydrogen-bond donors (Lipinski definition) is 0. The van der Waals surface area contributed by atoms with Gasteiger partial charge in [-0.1, -0.05) is 12.1 Å². The maximum atomic E-state index is 13.1. The number of non-ortho nitro benzene ring substituents is 1. The van der Waals surface area contributed by atoms with Crippen molar-refractivity contribution in [2.45, 2.75) is 0 Å². The van der Waals surface area contributed by atoms with Gasteiger partial charge in [0.25, 0.3) is 17.2 Å². The monoisotopic (exact) mass is 429 g/mol. The number of fused-ring (bicyclic) bond motifs is 2. The summed E-state index contributed by atoms with van der Waals surface area (Å²) in [5, 5.41) is 11.3. The third-order valence-electron chi connectivity index (χ3n) is 5.75. The third-order valence-corrected chi connectivity index (χ3v) is 5.75. The molecule has 1 aliphatic heterocycles. The van der Waals surface area contributed by atoms with Crippen LogP contribution in [0.25, 0.3) is 16.6 Å². The molecule has 1 aliphatic rings. The second-order valence-corrected chi connectivity index (χ2v) is 7.63. The van der Waals surface area contributed by atoms with Crippen molar-refractivity contribution in [3.63, 3.8) is 0 Å². The number of pyridine rings is 1. The van der Waals surface area contributed by atoms with Crippen LogP contribution < -0.4 is 10.5 Å². The second-order valence-electron chi connectivity index (χ2n) is 7.63. The number of carbonyl (C=O) groups is 1. The summed E-state index contributed by atoms with van der Waals surface area (Å²) in [7, 11) is 0. The lowest BCUT2D eigenvalue weighted by molar-refractivity contribution is -0.384. The van der Waals surface area contributed by atoms with E-state index in [1.165, 1.54) is 16.5 Å². The number of nitrogens with zero attached hydrogens (tertiary/aromatic N) is 5. The largest absolute Gasteiger partial charge is 0.368 e. The first-order valence-electron chi connectivity index (χ1n) is 10.2. The minimum atomic E-state index is -0.423. The van der Waals surface area contributed by atoms with Gasteiger partial charge in [0.2, 0.25) is 0 Å². The first-order chi connectivity index (χ1) is 15.5. The van der Waals surface area contributed by atoms with Crippen molar-refractivity contribution in [2.75, 3.05) is 31.1 Å². The van der Waals surface area contributed by atoms with E-state index in [4.69, 9.17) is 0 Å². The number of nitro groups is 1. The Bertz CT molecular complexity index is 1410. The molecule has 2 aromatic carbocycles. The van der Waals surface area contributed by atoms with Crippen LogP contribution in [0.5, 0.6) is 0 Å². The molecule has 3 heterocycles. The number of benzene rings is 2. The topological polar surface area (TPSA) is 101 Å². The fourth-order valence-corrected chi connectivity index (χ4v) is 4.01. The fraction of sp³-hybridized carbons (Fsp3) is 0.174. The number of aromatic nitrogens is 2. The summed E-state index contributed by atoms with van der Waals surface area (Å²) >= 11 is 0. The van der Waals surface area contributed by atoms with Crippen LogP contribution in [0, 0.1) is 10.1 Å². The lowest BCUT2D eigenvalue weighted by atomic mass is 10.2. The highest BCUT2D eigenvalue weighted by Crippen LogP contribution is 2.21. The summed E-state index contributed by atoms with van der Waals surface area (Å²) in [6.07, 6.45) is 1.56. The van der Waals surface area contributed by atoms with Gasteiger partial charge in [0, 0.05) is 50.2 Å². The molecule has 1 amide bonds. The summed E-state index contributed by atoms with van der Waals surface area (Å²) in [6, 6.07) is 16.9. The number of nitro benzene ring substituents is 1. The zero-order valence-corrected chi connectivity index (χ0v) is 17.0. The van der Waals surface area contributed by atoms with E-state index in [1.807, 2.05) is 6.07 Å². The Balaban J connectivity index is 1.34. The van der Waals surface area contributed by atoms with Crippen molar-refractivity contribution >= 4 is 33.8 Å². The molecule has 0 aliphatic carbocycles. The maximum absolute atomic E-state index is 13.1. The average Bonchev–Trinajstić information content (AvgIpc) is 2.84. The molecule has 1 saturated heterocycles. The number of hydrogen-bond acceptors (Lipinski definition) is 6. The van der Waals surface area contributed by atoms with Crippen molar-refractivity contribution in [3.05, 3.63) is 92.9 Å². The molecule has 9 nitrogen and oxygen atoms in total. The highest BCUT2D eigenvalue weighted by Gasteiger charge is 2.23. The molecule has 0 spiro atoms. The number of rotatable bonds is 3. The summed E-state index contributed by atoms with van der Waals surface area (Å²) in [4.78, 5) is 44.7.